The normalized spacial score (nSPS) is 12.1. The van der Waals surface area contributed by atoms with Crippen LogP contribution in [-0.4, -0.2) is 39.8 Å². The Balaban J connectivity index is 2.46. The van der Waals surface area contributed by atoms with Crippen LogP contribution in [0.5, 0.6) is 5.75 Å². The van der Waals surface area contributed by atoms with Gasteiger partial charge in [-0.25, -0.2) is 12.7 Å². The lowest BCUT2D eigenvalue weighted by Gasteiger charge is -2.21. The lowest BCUT2D eigenvalue weighted by molar-refractivity contribution is 0.102. The number of hydrogen-bond donors (Lipinski definition) is 1. The molecule has 2 aromatic rings. The van der Waals surface area contributed by atoms with Crippen LogP contribution in [0.2, 0.25) is 5.02 Å². The van der Waals surface area contributed by atoms with Gasteiger partial charge in [0, 0.05) is 14.1 Å². The molecule has 2 aromatic carbocycles. The summed E-state index contributed by atoms with van der Waals surface area (Å²) in [6.45, 7) is 6.19. The van der Waals surface area contributed by atoms with Crippen LogP contribution in [0.25, 0.3) is 0 Å². The number of carbonyl (C=O) groups is 1. The maximum absolute atomic E-state index is 12.9. The molecule has 0 bridgehead atoms. The fraction of sp³-hybridized carbons (Fsp3) is 0.350. The first-order chi connectivity index (χ1) is 12.9. The standard InChI is InChI=1S/C20H25ClN2O4S/c1-20(2,3)13-7-10-18(27-6)17(11-13)22-19(24)15-12-14(8-9-16(15)21)28(25,26)23(4)5/h7-12H,1-6H3,(H,22,24). The Morgan fingerprint density at radius 2 is 1.75 bits per heavy atom. The summed E-state index contributed by atoms with van der Waals surface area (Å²) in [7, 11) is 0.668. The van der Waals surface area contributed by atoms with E-state index < -0.39 is 15.9 Å². The Hall–Kier alpha value is -2.09. The van der Waals surface area contributed by atoms with Crippen LogP contribution < -0.4 is 10.1 Å². The van der Waals surface area contributed by atoms with Gasteiger partial charge in [-0.3, -0.25) is 4.79 Å². The fourth-order valence-corrected chi connectivity index (χ4v) is 3.64. The molecule has 0 fully saturated rings. The molecular formula is C20H25ClN2O4S. The summed E-state index contributed by atoms with van der Waals surface area (Å²) in [5.41, 5.74) is 1.44. The van der Waals surface area contributed by atoms with Gasteiger partial charge in [-0.15, -0.1) is 0 Å². The second-order valence-corrected chi connectivity index (χ2v) is 10.1. The van der Waals surface area contributed by atoms with Crippen molar-refractivity contribution in [3.05, 3.63) is 52.5 Å². The molecule has 6 nitrogen and oxygen atoms in total. The van der Waals surface area contributed by atoms with Gasteiger partial charge >= 0.3 is 0 Å². The van der Waals surface area contributed by atoms with Gasteiger partial charge in [0.05, 0.1) is 28.3 Å². The molecule has 0 radical (unpaired) electrons. The number of sulfonamides is 1. The average molecular weight is 425 g/mol. The number of benzene rings is 2. The molecule has 1 amide bonds. The molecule has 0 unspecified atom stereocenters. The first kappa shape index (κ1) is 22.2. The van der Waals surface area contributed by atoms with Gasteiger partial charge in [-0.2, -0.15) is 0 Å². The van der Waals surface area contributed by atoms with Crippen LogP contribution in [-0.2, 0) is 15.4 Å². The summed E-state index contributed by atoms with van der Waals surface area (Å²) in [4.78, 5) is 12.8. The van der Waals surface area contributed by atoms with Gasteiger partial charge < -0.3 is 10.1 Å². The third kappa shape index (κ3) is 4.66. The second kappa shape index (κ2) is 8.11. The van der Waals surface area contributed by atoms with Crippen molar-refractivity contribution in [1.29, 1.82) is 0 Å². The van der Waals surface area contributed by atoms with E-state index in [-0.39, 0.29) is 20.9 Å². The largest absolute Gasteiger partial charge is 0.495 e. The van der Waals surface area contributed by atoms with Gasteiger partial charge in [-0.05, 0) is 41.3 Å². The van der Waals surface area contributed by atoms with E-state index in [0.717, 1.165) is 9.87 Å². The Bertz CT molecular complexity index is 996. The van der Waals surface area contributed by atoms with Crippen molar-refractivity contribution in [1.82, 2.24) is 4.31 Å². The van der Waals surface area contributed by atoms with Crippen molar-refractivity contribution in [2.75, 3.05) is 26.5 Å². The highest BCUT2D eigenvalue weighted by Crippen LogP contribution is 2.32. The molecule has 0 saturated carbocycles. The molecule has 152 valence electrons. The molecule has 8 heteroatoms. The van der Waals surface area contributed by atoms with Crippen LogP contribution in [0.3, 0.4) is 0 Å². The Labute approximate surface area is 171 Å². The molecule has 0 aliphatic rings. The van der Waals surface area contributed by atoms with Gasteiger partial charge in [0.1, 0.15) is 5.75 Å². The van der Waals surface area contributed by atoms with Crippen molar-refractivity contribution in [2.45, 2.75) is 31.1 Å². The SMILES string of the molecule is COc1ccc(C(C)(C)C)cc1NC(=O)c1cc(S(=O)(=O)N(C)C)ccc1Cl. The van der Waals surface area contributed by atoms with Crippen molar-refractivity contribution < 1.29 is 17.9 Å². The van der Waals surface area contributed by atoms with Gasteiger partial charge in [0.2, 0.25) is 10.0 Å². The van der Waals surface area contributed by atoms with Crippen molar-refractivity contribution in [3.8, 4) is 5.75 Å². The zero-order valence-electron chi connectivity index (χ0n) is 16.8. The van der Waals surface area contributed by atoms with E-state index in [9.17, 15) is 13.2 Å². The highest BCUT2D eigenvalue weighted by atomic mass is 35.5. The number of hydrogen-bond acceptors (Lipinski definition) is 4. The monoisotopic (exact) mass is 424 g/mol. The van der Waals surface area contributed by atoms with Crippen molar-refractivity contribution >= 4 is 33.2 Å². The second-order valence-electron chi connectivity index (χ2n) is 7.55. The van der Waals surface area contributed by atoms with E-state index >= 15 is 0 Å². The van der Waals surface area contributed by atoms with Crippen LogP contribution in [0, 0.1) is 0 Å². The molecule has 0 aromatic heterocycles. The zero-order valence-corrected chi connectivity index (χ0v) is 18.4. The number of ether oxygens (including phenoxy) is 1. The van der Waals surface area contributed by atoms with Crippen LogP contribution >= 0.6 is 11.6 Å². The van der Waals surface area contributed by atoms with Crippen LogP contribution in [0.1, 0.15) is 36.7 Å². The highest BCUT2D eigenvalue weighted by molar-refractivity contribution is 7.89. The summed E-state index contributed by atoms with van der Waals surface area (Å²) in [6.07, 6.45) is 0. The van der Waals surface area contributed by atoms with E-state index in [1.165, 1.54) is 39.4 Å². The van der Waals surface area contributed by atoms with E-state index in [4.69, 9.17) is 16.3 Å². The summed E-state index contributed by atoms with van der Waals surface area (Å²) in [6, 6.07) is 9.60. The number of anilines is 1. The lowest BCUT2D eigenvalue weighted by atomic mass is 9.87. The number of methoxy groups -OCH3 is 1. The fourth-order valence-electron chi connectivity index (χ4n) is 2.51. The quantitative estimate of drug-likeness (QED) is 0.782. The minimum absolute atomic E-state index is 0.0116. The lowest BCUT2D eigenvalue weighted by Crippen LogP contribution is -2.23. The number of nitrogens with zero attached hydrogens (tertiary/aromatic N) is 1. The summed E-state index contributed by atoms with van der Waals surface area (Å²) < 4.78 is 31.1. The van der Waals surface area contributed by atoms with E-state index in [0.29, 0.717) is 11.4 Å². The van der Waals surface area contributed by atoms with Crippen LogP contribution in [0.15, 0.2) is 41.3 Å². The van der Waals surface area contributed by atoms with E-state index in [1.807, 2.05) is 12.1 Å². The first-order valence-corrected chi connectivity index (χ1v) is 10.4. The smallest absolute Gasteiger partial charge is 0.257 e. The number of rotatable bonds is 5. The van der Waals surface area contributed by atoms with Crippen molar-refractivity contribution in [3.63, 3.8) is 0 Å². The molecule has 0 aliphatic carbocycles. The predicted molar refractivity (Wildman–Crippen MR) is 112 cm³/mol. The van der Waals surface area contributed by atoms with Gasteiger partial charge in [0.15, 0.2) is 0 Å². The summed E-state index contributed by atoms with van der Waals surface area (Å²) in [5.74, 6) is -0.0281. The maximum atomic E-state index is 12.9. The molecule has 0 aliphatic heterocycles. The van der Waals surface area contributed by atoms with Gasteiger partial charge in [-0.1, -0.05) is 38.4 Å². The zero-order chi connectivity index (χ0) is 21.3. The van der Waals surface area contributed by atoms with Crippen molar-refractivity contribution in [2.24, 2.45) is 0 Å². The minimum atomic E-state index is -3.69. The first-order valence-electron chi connectivity index (χ1n) is 8.60. The third-order valence-electron chi connectivity index (χ3n) is 4.27. The van der Waals surface area contributed by atoms with Crippen LogP contribution in [0.4, 0.5) is 5.69 Å². The Morgan fingerprint density at radius 1 is 1.11 bits per heavy atom. The highest BCUT2D eigenvalue weighted by Gasteiger charge is 2.22. The molecule has 1 N–H and O–H groups in total. The maximum Gasteiger partial charge on any atom is 0.257 e. The number of nitrogens with one attached hydrogen (secondary N) is 1. The Kier molecular flexibility index (Phi) is 6.43. The molecule has 0 atom stereocenters. The molecule has 0 spiro atoms. The molecular weight excluding hydrogens is 400 g/mol. The van der Waals surface area contributed by atoms with E-state index in [2.05, 4.69) is 26.1 Å². The number of amides is 1. The number of halogens is 1. The Morgan fingerprint density at radius 3 is 2.29 bits per heavy atom. The predicted octanol–water partition coefficient (Wildman–Crippen LogP) is 4.15. The number of carbonyl (C=O) groups excluding carboxylic acids is 1. The molecule has 2 rings (SSSR count). The van der Waals surface area contributed by atoms with E-state index in [1.54, 1.807) is 6.07 Å². The molecule has 28 heavy (non-hydrogen) atoms. The minimum Gasteiger partial charge on any atom is -0.495 e. The molecule has 0 heterocycles. The van der Waals surface area contributed by atoms with Gasteiger partial charge in [0.25, 0.3) is 5.91 Å². The third-order valence-corrected chi connectivity index (χ3v) is 6.42. The summed E-state index contributed by atoms with van der Waals surface area (Å²) >= 11 is 6.16. The topological polar surface area (TPSA) is 75.7 Å². The molecule has 0 saturated heterocycles. The summed E-state index contributed by atoms with van der Waals surface area (Å²) in [5, 5.41) is 2.94. The average Bonchev–Trinajstić information content (AvgIpc) is 2.60.